The van der Waals surface area contributed by atoms with Crippen molar-refractivity contribution in [2.75, 3.05) is 6.54 Å². The lowest BCUT2D eigenvalue weighted by molar-refractivity contribution is -0.141. The van der Waals surface area contributed by atoms with Gasteiger partial charge in [0.1, 0.15) is 12.1 Å². The van der Waals surface area contributed by atoms with Crippen LogP contribution in [0.1, 0.15) is 19.8 Å². The fraction of sp³-hybridized carbons (Fsp3) is 0.636. The molecule has 0 aromatic carbocycles. The minimum absolute atomic E-state index is 0.0214. The average molecular weight is 287 g/mol. The molecule has 0 spiro atoms. The van der Waals surface area contributed by atoms with Crippen LogP contribution in [0.3, 0.4) is 0 Å². The first kappa shape index (κ1) is 15.9. The quantitative estimate of drug-likeness (QED) is 0.436. The molecule has 0 unspecified atom stereocenters. The van der Waals surface area contributed by atoms with Gasteiger partial charge in [-0.1, -0.05) is 0 Å². The Hall–Kier alpha value is -2.16. The Bertz CT molecular complexity index is 438. The predicted molar refractivity (Wildman–Crippen MR) is 65.2 cm³/mol. The Morgan fingerprint density at radius 3 is 2.45 bits per heavy atom. The molecule has 5 N–H and O–H groups in total. The van der Waals surface area contributed by atoms with Gasteiger partial charge in [-0.3, -0.25) is 19.2 Å². The molecule has 0 aliphatic carbocycles. The molecule has 0 bridgehead atoms. The number of aliphatic carboxylic acids is 1. The molecule has 1 heterocycles. The van der Waals surface area contributed by atoms with E-state index in [1.807, 2.05) is 0 Å². The number of rotatable bonds is 5. The molecular weight excluding hydrogens is 270 g/mol. The highest BCUT2D eigenvalue weighted by Crippen LogP contribution is 2.18. The van der Waals surface area contributed by atoms with Gasteiger partial charge in [0.25, 0.3) is 0 Å². The fourth-order valence-electron chi connectivity index (χ4n) is 2.08. The molecule has 1 saturated heterocycles. The van der Waals surface area contributed by atoms with E-state index in [4.69, 9.17) is 10.8 Å². The number of nitrogens with zero attached hydrogens (tertiary/aromatic N) is 1. The largest absolute Gasteiger partial charge is 0.481 e. The van der Waals surface area contributed by atoms with Crippen LogP contribution < -0.4 is 11.1 Å². The van der Waals surface area contributed by atoms with Crippen molar-refractivity contribution in [1.29, 1.82) is 0 Å². The van der Waals surface area contributed by atoms with Crippen molar-refractivity contribution in [3.63, 3.8) is 0 Å². The number of nitrogens with two attached hydrogens (primary N) is 1. The van der Waals surface area contributed by atoms with Crippen LogP contribution in [0, 0.1) is 0 Å². The summed E-state index contributed by atoms with van der Waals surface area (Å²) in [6.07, 6.45) is -1.44. The van der Waals surface area contributed by atoms with Crippen molar-refractivity contribution < 1.29 is 29.4 Å². The van der Waals surface area contributed by atoms with Crippen molar-refractivity contribution in [2.24, 2.45) is 5.73 Å². The van der Waals surface area contributed by atoms with Crippen LogP contribution in [0.25, 0.3) is 0 Å². The number of hydrogen-bond acceptors (Lipinski definition) is 5. The van der Waals surface area contributed by atoms with Crippen LogP contribution in [0.5, 0.6) is 0 Å². The van der Waals surface area contributed by atoms with E-state index in [-0.39, 0.29) is 13.0 Å². The van der Waals surface area contributed by atoms with E-state index in [1.54, 1.807) is 0 Å². The number of carbonyl (C=O) groups excluding carboxylic acids is 3. The van der Waals surface area contributed by atoms with Crippen molar-refractivity contribution >= 4 is 23.7 Å². The molecule has 1 aliphatic heterocycles. The maximum absolute atomic E-state index is 12.0. The molecule has 20 heavy (non-hydrogen) atoms. The fourth-order valence-corrected chi connectivity index (χ4v) is 2.08. The highest BCUT2D eigenvalue weighted by atomic mass is 16.4. The number of likely N-dealkylation sites (tertiary alicyclic amines) is 1. The number of primary amides is 1. The summed E-state index contributed by atoms with van der Waals surface area (Å²) in [6, 6.07) is -2.29. The number of carboxylic acid groups (broad SMARTS) is 1. The maximum Gasteiger partial charge on any atom is 0.305 e. The zero-order chi connectivity index (χ0) is 15.4. The second-order valence-corrected chi connectivity index (χ2v) is 4.64. The number of nitrogens with one attached hydrogen (secondary N) is 1. The van der Waals surface area contributed by atoms with E-state index in [0.29, 0.717) is 0 Å². The molecular formula is C11H17N3O6. The van der Waals surface area contributed by atoms with Gasteiger partial charge >= 0.3 is 5.97 Å². The molecule has 112 valence electrons. The third-order valence-corrected chi connectivity index (χ3v) is 3.02. The molecule has 0 aromatic rings. The summed E-state index contributed by atoms with van der Waals surface area (Å²) in [7, 11) is 0. The lowest BCUT2D eigenvalue weighted by Gasteiger charge is -2.23. The maximum atomic E-state index is 12.0. The van der Waals surface area contributed by atoms with Gasteiger partial charge in [-0.2, -0.15) is 0 Å². The molecule has 0 radical (unpaired) electrons. The number of hydrogen-bond donors (Lipinski definition) is 4. The van der Waals surface area contributed by atoms with Crippen LogP contribution in [0.4, 0.5) is 0 Å². The standard InChI is InChI=1S/C11H17N3O6/c1-5(15)14-4-6(16)2-8(14)11(20)13-7(10(12)19)3-9(17)18/h6-8,16H,2-4H2,1H3,(H2,12,19)(H,13,20)(H,17,18)/t6-,7+,8+/m1/s1. The SMILES string of the molecule is CC(=O)N1C[C@H](O)C[C@H]1C(=O)N[C@@H](CC(=O)O)C(N)=O. The van der Waals surface area contributed by atoms with Gasteiger partial charge in [0.15, 0.2) is 0 Å². The number of aliphatic hydroxyl groups excluding tert-OH is 1. The molecule has 9 heteroatoms. The number of β-amino-alcohol motifs (C(OH)–C–C–N with tert-alkyl or cyclic N) is 1. The van der Waals surface area contributed by atoms with Gasteiger partial charge in [0.2, 0.25) is 17.7 Å². The van der Waals surface area contributed by atoms with Crippen molar-refractivity contribution in [2.45, 2.75) is 38.0 Å². The van der Waals surface area contributed by atoms with Crippen LogP contribution in [0.2, 0.25) is 0 Å². The van der Waals surface area contributed by atoms with Crippen molar-refractivity contribution in [1.82, 2.24) is 10.2 Å². The third kappa shape index (κ3) is 3.92. The minimum Gasteiger partial charge on any atom is -0.481 e. The van der Waals surface area contributed by atoms with E-state index >= 15 is 0 Å². The summed E-state index contributed by atoms with van der Waals surface area (Å²) in [5.41, 5.74) is 5.01. The van der Waals surface area contributed by atoms with Gasteiger partial charge in [0, 0.05) is 19.9 Å². The molecule has 0 aromatic heterocycles. The molecule has 1 aliphatic rings. The second kappa shape index (κ2) is 6.33. The topological polar surface area (TPSA) is 150 Å². The Kier molecular flexibility index (Phi) is 5.03. The summed E-state index contributed by atoms with van der Waals surface area (Å²) in [6.45, 7) is 1.27. The molecule has 9 nitrogen and oxygen atoms in total. The lowest BCUT2D eigenvalue weighted by Crippen LogP contribution is -2.52. The Balaban J connectivity index is 2.75. The Morgan fingerprint density at radius 2 is 2.00 bits per heavy atom. The zero-order valence-corrected chi connectivity index (χ0v) is 10.9. The van der Waals surface area contributed by atoms with E-state index in [2.05, 4.69) is 5.32 Å². The van der Waals surface area contributed by atoms with E-state index in [9.17, 15) is 24.3 Å². The molecule has 3 atom stereocenters. The summed E-state index contributed by atoms with van der Waals surface area (Å²) in [5, 5.41) is 20.3. The molecule has 3 amide bonds. The average Bonchev–Trinajstić information content (AvgIpc) is 2.69. The van der Waals surface area contributed by atoms with Crippen LogP contribution in [0.15, 0.2) is 0 Å². The Labute approximate surface area is 114 Å². The van der Waals surface area contributed by atoms with E-state index in [0.717, 1.165) is 0 Å². The number of aliphatic hydroxyl groups is 1. The Morgan fingerprint density at radius 1 is 1.40 bits per heavy atom. The molecule has 0 saturated carbocycles. The van der Waals surface area contributed by atoms with Gasteiger partial charge in [-0.15, -0.1) is 0 Å². The first-order valence-electron chi connectivity index (χ1n) is 5.99. The minimum atomic E-state index is -1.36. The van der Waals surface area contributed by atoms with Crippen LogP contribution in [-0.4, -0.2) is 63.5 Å². The second-order valence-electron chi connectivity index (χ2n) is 4.64. The lowest BCUT2D eigenvalue weighted by atomic mass is 10.1. The number of carboxylic acids is 1. The highest BCUT2D eigenvalue weighted by Gasteiger charge is 2.38. The number of amides is 3. The summed E-state index contributed by atoms with van der Waals surface area (Å²) in [4.78, 5) is 46.2. The smallest absolute Gasteiger partial charge is 0.305 e. The van der Waals surface area contributed by atoms with E-state index < -0.39 is 48.3 Å². The third-order valence-electron chi connectivity index (χ3n) is 3.02. The first-order chi connectivity index (χ1) is 9.22. The highest BCUT2D eigenvalue weighted by molar-refractivity contribution is 5.93. The van der Waals surface area contributed by atoms with Gasteiger partial charge in [-0.05, 0) is 0 Å². The zero-order valence-electron chi connectivity index (χ0n) is 10.9. The monoisotopic (exact) mass is 287 g/mol. The van der Waals surface area contributed by atoms with Gasteiger partial charge in [0.05, 0.1) is 12.5 Å². The van der Waals surface area contributed by atoms with Gasteiger partial charge < -0.3 is 26.2 Å². The normalized spacial score (nSPS) is 23.2. The summed E-state index contributed by atoms with van der Waals surface area (Å²) >= 11 is 0. The van der Waals surface area contributed by atoms with Crippen LogP contribution >= 0.6 is 0 Å². The van der Waals surface area contributed by atoms with Crippen molar-refractivity contribution in [3.05, 3.63) is 0 Å². The van der Waals surface area contributed by atoms with E-state index in [1.165, 1.54) is 11.8 Å². The summed E-state index contributed by atoms with van der Waals surface area (Å²) in [5.74, 6) is -3.37. The van der Waals surface area contributed by atoms with Gasteiger partial charge in [-0.25, -0.2) is 0 Å². The molecule has 1 rings (SSSR count). The molecule has 1 fully saturated rings. The summed E-state index contributed by atoms with van der Waals surface area (Å²) < 4.78 is 0. The number of carbonyl (C=O) groups is 4. The van der Waals surface area contributed by atoms with Crippen molar-refractivity contribution in [3.8, 4) is 0 Å². The van der Waals surface area contributed by atoms with Crippen LogP contribution in [-0.2, 0) is 19.2 Å². The predicted octanol–water partition coefficient (Wildman–Crippen LogP) is -2.59. The first-order valence-corrected chi connectivity index (χ1v) is 5.99.